The summed E-state index contributed by atoms with van der Waals surface area (Å²) < 4.78 is 10.8. The van der Waals surface area contributed by atoms with Crippen LogP contribution >= 0.6 is 0 Å². The highest BCUT2D eigenvalue weighted by Crippen LogP contribution is 2.22. The number of carbonyl (C=O) groups excluding carboxylic acids is 1. The van der Waals surface area contributed by atoms with E-state index in [9.17, 15) is 4.79 Å². The topological polar surface area (TPSA) is 47.6 Å². The zero-order chi connectivity index (χ0) is 15.1. The lowest BCUT2D eigenvalue weighted by atomic mass is 10.3. The lowest BCUT2D eigenvalue weighted by molar-refractivity contribution is 0.118. The van der Waals surface area contributed by atoms with Gasteiger partial charge in [0.1, 0.15) is 17.6 Å². The van der Waals surface area contributed by atoms with Gasteiger partial charge in [-0.3, -0.25) is 5.32 Å². The van der Waals surface area contributed by atoms with Crippen LogP contribution in [0.3, 0.4) is 0 Å². The van der Waals surface area contributed by atoms with Crippen molar-refractivity contribution in [1.82, 2.24) is 0 Å². The Kier molecular flexibility index (Phi) is 5.21. The Labute approximate surface area is 124 Å². The number of ether oxygens (including phenoxy) is 2. The maximum atomic E-state index is 11.6. The smallest absolute Gasteiger partial charge is 0.411 e. The third-order valence-corrected chi connectivity index (χ3v) is 2.96. The first-order valence-corrected chi connectivity index (χ1v) is 6.98. The van der Waals surface area contributed by atoms with Gasteiger partial charge in [-0.05, 0) is 49.7 Å². The van der Waals surface area contributed by atoms with Crippen LogP contribution in [0.25, 0.3) is 0 Å². The maximum Gasteiger partial charge on any atom is 0.411 e. The molecule has 0 aliphatic heterocycles. The molecular formula is C17H19NO3. The monoisotopic (exact) mass is 285 g/mol. The van der Waals surface area contributed by atoms with Crippen LogP contribution < -0.4 is 10.1 Å². The fourth-order valence-electron chi connectivity index (χ4n) is 1.64. The summed E-state index contributed by atoms with van der Waals surface area (Å²) in [4.78, 5) is 11.6. The number of hydrogen-bond donors (Lipinski definition) is 1. The van der Waals surface area contributed by atoms with Gasteiger partial charge in [-0.15, -0.1) is 0 Å². The number of rotatable bonds is 5. The summed E-state index contributed by atoms with van der Waals surface area (Å²) in [5.41, 5.74) is 0.670. The van der Waals surface area contributed by atoms with E-state index in [2.05, 4.69) is 5.32 Å². The zero-order valence-corrected chi connectivity index (χ0v) is 12.2. The molecule has 0 aliphatic carbocycles. The van der Waals surface area contributed by atoms with Crippen molar-refractivity contribution < 1.29 is 14.3 Å². The van der Waals surface area contributed by atoms with Crippen molar-refractivity contribution in [2.75, 3.05) is 5.32 Å². The summed E-state index contributed by atoms with van der Waals surface area (Å²) >= 11 is 0. The SMILES string of the molecule is CCC(C)OC(=O)Nc1ccc(Oc2ccccc2)cc1. The van der Waals surface area contributed by atoms with Gasteiger partial charge in [0.25, 0.3) is 0 Å². The molecule has 0 aromatic heterocycles. The predicted octanol–water partition coefficient (Wildman–Crippen LogP) is 4.83. The number of anilines is 1. The highest BCUT2D eigenvalue weighted by Gasteiger charge is 2.07. The van der Waals surface area contributed by atoms with E-state index in [0.29, 0.717) is 11.4 Å². The quantitative estimate of drug-likeness (QED) is 0.856. The Bertz CT molecular complexity index is 566. The molecule has 1 unspecified atom stereocenters. The highest BCUT2D eigenvalue weighted by atomic mass is 16.6. The summed E-state index contributed by atoms with van der Waals surface area (Å²) in [6.45, 7) is 3.82. The number of amides is 1. The van der Waals surface area contributed by atoms with Gasteiger partial charge in [0, 0.05) is 5.69 Å². The molecule has 0 bridgehead atoms. The van der Waals surface area contributed by atoms with Crippen LogP contribution in [0.15, 0.2) is 54.6 Å². The molecule has 0 aliphatic rings. The van der Waals surface area contributed by atoms with Crippen LogP contribution in [-0.2, 0) is 4.74 Å². The van der Waals surface area contributed by atoms with E-state index in [4.69, 9.17) is 9.47 Å². The molecule has 2 rings (SSSR count). The van der Waals surface area contributed by atoms with Crippen molar-refractivity contribution in [3.8, 4) is 11.5 Å². The Morgan fingerprint density at radius 1 is 1.05 bits per heavy atom. The Morgan fingerprint density at radius 2 is 1.67 bits per heavy atom. The van der Waals surface area contributed by atoms with Crippen molar-refractivity contribution in [3.63, 3.8) is 0 Å². The van der Waals surface area contributed by atoms with Crippen molar-refractivity contribution in [2.45, 2.75) is 26.4 Å². The van der Waals surface area contributed by atoms with Crippen LogP contribution in [-0.4, -0.2) is 12.2 Å². The van der Waals surface area contributed by atoms with Crippen molar-refractivity contribution >= 4 is 11.8 Å². The number of carbonyl (C=O) groups is 1. The molecule has 2 aromatic rings. The zero-order valence-electron chi connectivity index (χ0n) is 12.2. The van der Waals surface area contributed by atoms with Crippen molar-refractivity contribution in [2.24, 2.45) is 0 Å². The lowest BCUT2D eigenvalue weighted by Gasteiger charge is -2.12. The van der Waals surface area contributed by atoms with E-state index in [0.717, 1.165) is 12.2 Å². The summed E-state index contributed by atoms with van der Waals surface area (Å²) in [5.74, 6) is 1.48. The first-order valence-electron chi connectivity index (χ1n) is 6.98. The summed E-state index contributed by atoms with van der Waals surface area (Å²) in [6, 6.07) is 16.7. The van der Waals surface area contributed by atoms with E-state index in [1.807, 2.05) is 44.2 Å². The molecule has 0 saturated carbocycles. The average molecular weight is 285 g/mol. The minimum atomic E-state index is -0.443. The molecule has 0 heterocycles. The molecule has 4 heteroatoms. The highest BCUT2D eigenvalue weighted by molar-refractivity contribution is 5.84. The number of hydrogen-bond acceptors (Lipinski definition) is 3. The first kappa shape index (κ1) is 14.9. The Balaban J connectivity index is 1.91. The van der Waals surface area contributed by atoms with Crippen LogP contribution in [0.2, 0.25) is 0 Å². The number of benzene rings is 2. The second-order valence-electron chi connectivity index (χ2n) is 4.69. The molecule has 0 radical (unpaired) electrons. The Morgan fingerprint density at radius 3 is 2.29 bits per heavy atom. The predicted molar refractivity (Wildman–Crippen MR) is 82.8 cm³/mol. The third kappa shape index (κ3) is 4.84. The normalized spacial score (nSPS) is 11.5. The molecular weight excluding hydrogens is 266 g/mol. The van der Waals surface area contributed by atoms with Gasteiger partial charge in [-0.2, -0.15) is 0 Å². The molecule has 0 fully saturated rings. The van der Waals surface area contributed by atoms with E-state index in [1.165, 1.54) is 0 Å². The fraction of sp³-hybridized carbons (Fsp3) is 0.235. The van der Waals surface area contributed by atoms with Gasteiger partial charge < -0.3 is 9.47 Å². The van der Waals surface area contributed by atoms with Gasteiger partial charge in [0.15, 0.2) is 0 Å². The second kappa shape index (κ2) is 7.33. The lowest BCUT2D eigenvalue weighted by Crippen LogP contribution is -2.19. The molecule has 0 saturated heterocycles. The molecule has 1 atom stereocenters. The van der Waals surface area contributed by atoms with Gasteiger partial charge in [0.2, 0.25) is 0 Å². The van der Waals surface area contributed by atoms with E-state index in [1.54, 1.807) is 24.3 Å². The van der Waals surface area contributed by atoms with Gasteiger partial charge in [-0.25, -0.2) is 4.79 Å². The largest absolute Gasteiger partial charge is 0.457 e. The van der Waals surface area contributed by atoms with Crippen molar-refractivity contribution in [3.05, 3.63) is 54.6 Å². The molecule has 4 nitrogen and oxygen atoms in total. The summed E-state index contributed by atoms with van der Waals surface area (Å²) in [7, 11) is 0. The fourth-order valence-corrected chi connectivity index (χ4v) is 1.64. The van der Waals surface area contributed by atoms with Crippen LogP contribution in [0.5, 0.6) is 11.5 Å². The second-order valence-corrected chi connectivity index (χ2v) is 4.69. The van der Waals surface area contributed by atoms with Crippen LogP contribution in [0, 0.1) is 0 Å². The molecule has 21 heavy (non-hydrogen) atoms. The van der Waals surface area contributed by atoms with Gasteiger partial charge >= 0.3 is 6.09 Å². The van der Waals surface area contributed by atoms with Crippen LogP contribution in [0.4, 0.5) is 10.5 Å². The van der Waals surface area contributed by atoms with Crippen molar-refractivity contribution in [1.29, 1.82) is 0 Å². The summed E-state index contributed by atoms with van der Waals surface area (Å²) in [5, 5.41) is 2.68. The van der Waals surface area contributed by atoms with E-state index < -0.39 is 6.09 Å². The molecule has 110 valence electrons. The molecule has 2 aromatic carbocycles. The van der Waals surface area contributed by atoms with Crippen LogP contribution in [0.1, 0.15) is 20.3 Å². The van der Waals surface area contributed by atoms with Gasteiger partial charge in [0.05, 0.1) is 0 Å². The first-order chi connectivity index (χ1) is 10.2. The number of para-hydroxylation sites is 1. The summed E-state index contributed by atoms with van der Waals surface area (Å²) in [6.07, 6.45) is 0.254. The number of nitrogens with one attached hydrogen (secondary N) is 1. The van der Waals surface area contributed by atoms with E-state index >= 15 is 0 Å². The average Bonchev–Trinajstić information content (AvgIpc) is 2.50. The molecule has 0 spiro atoms. The van der Waals surface area contributed by atoms with E-state index in [-0.39, 0.29) is 6.10 Å². The van der Waals surface area contributed by atoms with Gasteiger partial charge in [-0.1, -0.05) is 25.1 Å². The molecule has 1 amide bonds. The Hall–Kier alpha value is -2.49. The minimum absolute atomic E-state index is 0.0920. The molecule has 1 N–H and O–H groups in total. The third-order valence-electron chi connectivity index (χ3n) is 2.96. The standard InChI is InChI=1S/C17H19NO3/c1-3-13(2)20-17(19)18-14-9-11-16(12-10-14)21-15-7-5-4-6-8-15/h4-13H,3H2,1-2H3,(H,18,19). The maximum absolute atomic E-state index is 11.6. The minimum Gasteiger partial charge on any atom is -0.457 e.